The molecule has 0 saturated carbocycles. The lowest BCUT2D eigenvalue weighted by Gasteiger charge is -2.46. The molecule has 4 unspecified atom stereocenters. The Morgan fingerprint density at radius 2 is 2.13 bits per heavy atom. The molecule has 0 aromatic heterocycles. The summed E-state index contributed by atoms with van der Waals surface area (Å²) in [6.45, 7) is 2.30. The average molecular weight is 236 g/mol. The van der Waals surface area contributed by atoms with Crippen LogP contribution in [0, 0.1) is 5.92 Å². The molecule has 0 bridgehead atoms. The molecule has 2 fully saturated rings. The summed E-state index contributed by atoms with van der Waals surface area (Å²) in [7, 11) is 3.99. The second kappa shape index (κ2) is 4.62. The first kappa shape index (κ1) is 11.7. The van der Waals surface area contributed by atoms with Crippen LogP contribution in [0.5, 0.6) is 0 Å². The Morgan fingerprint density at radius 1 is 1.40 bits per heavy atom. The molecule has 0 aromatic carbocycles. The predicted molar refractivity (Wildman–Crippen MR) is 55.2 cm³/mol. The molecular formula is C9H17O5P. The molecule has 7 atom stereocenters. The van der Waals surface area contributed by atoms with Crippen molar-refractivity contribution in [2.75, 3.05) is 13.7 Å². The van der Waals surface area contributed by atoms with E-state index >= 15 is 0 Å². The van der Waals surface area contributed by atoms with Crippen molar-refractivity contribution in [1.82, 2.24) is 0 Å². The average Bonchev–Trinajstić information content (AvgIpc) is 2.24. The first-order valence-corrected chi connectivity index (χ1v) is 5.69. The van der Waals surface area contributed by atoms with Crippen LogP contribution in [0.15, 0.2) is 0 Å². The van der Waals surface area contributed by atoms with Crippen molar-refractivity contribution in [3.63, 3.8) is 0 Å². The van der Waals surface area contributed by atoms with E-state index in [-0.39, 0.29) is 24.2 Å². The van der Waals surface area contributed by atoms with Crippen LogP contribution in [0.1, 0.15) is 6.92 Å². The van der Waals surface area contributed by atoms with E-state index in [4.69, 9.17) is 18.9 Å². The van der Waals surface area contributed by atoms with E-state index in [0.29, 0.717) is 6.61 Å². The lowest BCUT2D eigenvalue weighted by Crippen LogP contribution is -2.59. The number of rotatable bonds is 1. The molecule has 88 valence electrons. The lowest BCUT2D eigenvalue weighted by atomic mass is 9.92. The van der Waals surface area contributed by atoms with E-state index in [1.807, 2.05) is 6.92 Å². The van der Waals surface area contributed by atoms with Crippen molar-refractivity contribution in [2.24, 2.45) is 5.92 Å². The minimum atomic E-state index is -0.583. The Labute approximate surface area is 91.2 Å². The molecule has 2 saturated heterocycles. The largest absolute Gasteiger partial charge is 0.390 e. The third-order valence-electron chi connectivity index (χ3n) is 2.93. The topological polar surface area (TPSA) is 57.2 Å². The molecule has 2 rings (SSSR count). The summed E-state index contributed by atoms with van der Waals surface area (Å²) in [5.41, 5.74) is 0. The third kappa shape index (κ3) is 2.18. The van der Waals surface area contributed by atoms with E-state index < -0.39 is 12.4 Å². The molecule has 0 aromatic rings. The van der Waals surface area contributed by atoms with Crippen molar-refractivity contribution in [1.29, 1.82) is 0 Å². The molecule has 2 heterocycles. The standard InChI is InChI=1S/C9H17O5P/c1-4-6(10)7-5(13-8(4)11-2)3-12-9(15)14-7/h4-10H,3,15H2,1-2H3/t4?,5?,6-,7-,8+,9?/m1/s1. The fraction of sp³-hybridized carbons (Fsp3) is 1.00. The predicted octanol–water partition coefficient (Wildman–Crippen LogP) is -0.0712. The fourth-order valence-corrected chi connectivity index (χ4v) is 2.30. The summed E-state index contributed by atoms with van der Waals surface area (Å²) in [5, 5.41) is 10.0. The van der Waals surface area contributed by atoms with Crippen LogP contribution >= 0.6 is 9.24 Å². The van der Waals surface area contributed by atoms with Gasteiger partial charge in [-0.15, -0.1) is 0 Å². The third-order valence-corrected chi connectivity index (χ3v) is 3.28. The summed E-state index contributed by atoms with van der Waals surface area (Å²) in [5.74, 6) is -0.105. The van der Waals surface area contributed by atoms with Gasteiger partial charge in [0.1, 0.15) is 12.2 Å². The number of hydrogen-bond acceptors (Lipinski definition) is 5. The van der Waals surface area contributed by atoms with E-state index in [1.165, 1.54) is 0 Å². The number of aliphatic hydroxyl groups excluding tert-OH is 1. The van der Waals surface area contributed by atoms with Gasteiger partial charge in [0.2, 0.25) is 0 Å². The zero-order valence-corrected chi connectivity index (χ0v) is 9.98. The van der Waals surface area contributed by atoms with Crippen LogP contribution in [0.3, 0.4) is 0 Å². The van der Waals surface area contributed by atoms with Crippen molar-refractivity contribution in [3.8, 4) is 0 Å². The molecule has 1 N–H and O–H groups in total. The highest BCUT2D eigenvalue weighted by Crippen LogP contribution is 2.32. The minimum absolute atomic E-state index is 0.105. The van der Waals surface area contributed by atoms with Crippen LogP contribution in [-0.4, -0.2) is 49.5 Å². The Kier molecular flexibility index (Phi) is 3.60. The summed E-state index contributed by atoms with van der Waals surface area (Å²) in [4.78, 5) is 0. The summed E-state index contributed by atoms with van der Waals surface area (Å²) >= 11 is 0. The van der Waals surface area contributed by atoms with E-state index in [0.717, 1.165) is 0 Å². The molecule has 0 radical (unpaired) electrons. The second-order valence-electron chi connectivity index (χ2n) is 3.93. The van der Waals surface area contributed by atoms with Crippen molar-refractivity contribution < 1.29 is 24.1 Å². The van der Waals surface area contributed by atoms with E-state index in [1.54, 1.807) is 7.11 Å². The quantitative estimate of drug-likeness (QED) is 0.646. The highest BCUT2D eigenvalue weighted by molar-refractivity contribution is 7.16. The zero-order valence-electron chi connectivity index (χ0n) is 8.83. The van der Waals surface area contributed by atoms with Gasteiger partial charge in [-0.1, -0.05) is 16.2 Å². The Hall–Kier alpha value is 0.230. The first-order valence-electron chi connectivity index (χ1n) is 5.02. The van der Waals surface area contributed by atoms with Gasteiger partial charge < -0.3 is 24.1 Å². The van der Waals surface area contributed by atoms with Crippen molar-refractivity contribution in [2.45, 2.75) is 37.6 Å². The highest BCUT2D eigenvalue weighted by Gasteiger charge is 2.46. The number of methoxy groups -OCH3 is 1. The number of aliphatic hydroxyl groups is 1. The normalized spacial score (nSPS) is 51.2. The molecule has 15 heavy (non-hydrogen) atoms. The Balaban J connectivity index is 2.07. The van der Waals surface area contributed by atoms with Gasteiger partial charge in [-0.2, -0.15) is 0 Å². The van der Waals surface area contributed by atoms with Gasteiger partial charge in [0.05, 0.1) is 12.7 Å². The second-order valence-corrected chi connectivity index (χ2v) is 4.48. The zero-order chi connectivity index (χ0) is 11.0. The molecular weight excluding hydrogens is 219 g/mol. The SMILES string of the molecule is CO[C@H]1OC2COC(P)O[C@H]2[C@H](O)C1C. The summed E-state index contributed by atoms with van der Waals surface area (Å²) < 4.78 is 21.5. The van der Waals surface area contributed by atoms with Gasteiger partial charge in [0.15, 0.2) is 12.3 Å². The van der Waals surface area contributed by atoms with Gasteiger partial charge in [-0.25, -0.2) is 0 Å². The van der Waals surface area contributed by atoms with Crippen molar-refractivity contribution in [3.05, 3.63) is 0 Å². The molecule has 5 nitrogen and oxygen atoms in total. The van der Waals surface area contributed by atoms with Crippen LogP contribution in [0.25, 0.3) is 0 Å². The Morgan fingerprint density at radius 3 is 2.80 bits per heavy atom. The number of fused-ring (bicyclic) bond motifs is 1. The fourth-order valence-electron chi connectivity index (χ4n) is 2.01. The monoisotopic (exact) mass is 236 g/mol. The molecule has 2 aliphatic heterocycles. The van der Waals surface area contributed by atoms with Gasteiger partial charge in [0, 0.05) is 13.0 Å². The first-order chi connectivity index (χ1) is 7.13. The maximum atomic E-state index is 10.0. The van der Waals surface area contributed by atoms with Gasteiger partial charge in [-0.3, -0.25) is 0 Å². The number of hydrogen-bond donors (Lipinski definition) is 1. The molecule has 6 heteroatoms. The summed E-state index contributed by atoms with van der Waals surface area (Å²) in [6, 6.07) is -0.365. The van der Waals surface area contributed by atoms with E-state index in [2.05, 4.69) is 9.24 Å². The molecule has 0 spiro atoms. The number of ether oxygens (including phenoxy) is 4. The smallest absolute Gasteiger partial charge is 0.170 e. The van der Waals surface area contributed by atoms with Gasteiger partial charge >= 0.3 is 0 Å². The summed E-state index contributed by atoms with van der Waals surface area (Å²) in [6.07, 6.45) is -1.56. The van der Waals surface area contributed by atoms with Gasteiger partial charge in [0.25, 0.3) is 0 Å². The highest BCUT2D eigenvalue weighted by atomic mass is 31.0. The molecule has 0 aliphatic carbocycles. The van der Waals surface area contributed by atoms with Crippen molar-refractivity contribution >= 4 is 9.24 Å². The maximum absolute atomic E-state index is 10.0. The van der Waals surface area contributed by atoms with Crippen LogP contribution in [0.4, 0.5) is 0 Å². The van der Waals surface area contributed by atoms with Crippen LogP contribution in [0.2, 0.25) is 0 Å². The van der Waals surface area contributed by atoms with Gasteiger partial charge in [-0.05, 0) is 0 Å². The van der Waals surface area contributed by atoms with E-state index in [9.17, 15) is 5.11 Å². The lowest BCUT2D eigenvalue weighted by molar-refractivity contribution is -0.329. The minimum Gasteiger partial charge on any atom is -0.390 e. The molecule has 2 aliphatic rings. The Bertz CT molecular complexity index is 225. The van der Waals surface area contributed by atoms with Crippen LogP contribution in [-0.2, 0) is 18.9 Å². The molecule has 0 amide bonds. The maximum Gasteiger partial charge on any atom is 0.170 e. The van der Waals surface area contributed by atoms with Crippen LogP contribution < -0.4 is 0 Å².